The monoisotopic (exact) mass is 445 g/mol. The predicted octanol–water partition coefficient (Wildman–Crippen LogP) is 4.92. The molecular formula is C27H31N3O3. The van der Waals surface area contributed by atoms with Crippen LogP contribution >= 0.6 is 0 Å². The van der Waals surface area contributed by atoms with E-state index in [2.05, 4.69) is 5.32 Å². The van der Waals surface area contributed by atoms with Crippen LogP contribution in [0.3, 0.4) is 0 Å². The van der Waals surface area contributed by atoms with Crippen molar-refractivity contribution < 1.29 is 14.0 Å². The molecule has 3 heterocycles. The molecule has 1 atom stereocenters. The van der Waals surface area contributed by atoms with E-state index in [1.807, 2.05) is 66.9 Å². The number of carbonyl (C=O) groups is 2. The van der Waals surface area contributed by atoms with Gasteiger partial charge < -0.3 is 19.2 Å². The van der Waals surface area contributed by atoms with E-state index in [1.54, 1.807) is 11.2 Å². The smallest absolute Gasteiger partial charge is 0.271 e. The molecule has 1 aromatic carbocycles. The fourth-order valence-electron chi connectivity index (χ4n) is 5.12. The highest BCUT2D eigenvalue weighted by atomic mass is 16.3. The zero-order valence-corrected chi connectivity index (χ0v) is 19.3. The van der Waals surface area contributed by atoms with Gasteiger partial charge >= 0.3 is 0 Å². The van der Waals surface area contributed by atoms with Crippen LogP contribution < -0.4 is 5.32 Å². The SMILES string of the molecule is Cc1ccc(CN2C(=O)c3ccc(-c4ccco4)n3C[C@]2(C)C(=O)NC2CCCCC2)cc1. The van der Waals surface area contributed by atoms with Gasteiger partial charge in [-0.15, -0.1) is 0 Å². The van der Waals surface area contributed by atoms with Crippen LogP contribution in [0.2, 0.25) is 0 Å². The predicted molar refractivity (Wildman–Crippen MR) is 127 cm³/mol. The zero-order valence-electron chi connectivity index (χ0n) is 19.3. The molecule has 2 amide bonds. The second kappa shape index (κ2) is 8.58. The maximum Gasteiger partial charge on any atom is 0.271 e. The van der Waals surface area contributed by atoms with Gasteiger partial charge in [0.25, 0.3) is 5.91 Å². The van der Waals surface area contributed by atoms with Gasteiger partial charge in [-0.1, -0.05) is 49.1 Å². The first kappa shape index (κ1) is 21.6. The third-order valence-electron chi connectivity index (χ3n) is 7.17. The Kier molecular flexibility index (Phi) is 5.60. The van der Waals surface area contributed by atoms with E-state index >= 15 is 0 Å². The molecule has 5 rings (SSSR count). The van der Waals surface area contributed by atoms with Crippen molar-refractivity contribution in [2.24, 2.45) is 0 Å². The van der Waals surface area contributed by atoms with Crippen molar-refractivity contribution in [3.8, 4) is 11.5 Å². The second-order valence-corrected chi connectivity index (χ2v) is 9.63. The third kappa shape index (κ3) is 3.99. The Bertz CT molecular complexity index is 1140. The van der Waals surface area contributed by atoms with Crippen LogP contribution in [0, 0.1) is 6.92 Å². The molecule has 2 aliphatic rings. The summed E-state index contributed by atoms with van der Waals surface area (Å²) in [6.07, 6.45) is 7.12. The number of amides is 2. The number of aromatic nitrogens is 1. The molecule has 0 unspecified atom stereocenters. The highest BCUT2D eigenvalue weighted by molar-refractivity contribution is 6.00. The van der Waals surface area contributed by atoms with E-state index in [0.717, 1.165) is 36.9 Å². The quantitative estimate of drug-likeness (QED) is 0.606. The lowest BCUT2D eigenvalue weighted by Gasteiger charge is -2.45. The third-order valence-corrected chi connectivity index (χ3v) is 7.17. The van der Waals surface area contributed by atoms with Crippen LogP contribution in [0.25, 0.3) is 11.5 Å². The Morgan fingerprint density at radius 2 is 1.79 bits per heavy atom. The van der Waals surface area contributed by atoms with Crippen molar-refractivity contribution in [1.29, 1.82) is 0 Å². The van der Waals surface area contributed by atoms with Crippen LogP contribution in [0.4, 0.5) is 0 Å². The average Bonchev–Trinajstić information content (AvgIpc) is 3.48. The maximum absolute atomic E-state index is 13.8. The van der Waals surface area contributed by atoms with Gasteiger partial charge in [0.05, 0.1) is 18.5 Å². The van der Waals surface area contributed by atoms with E-state index < -0.39 is 5.54 Å². The van der Waals surface area contributed by atoms with Gasteiger partial charge in [0, 0.05) is 12.6 Å². The van der Waals surface area contributed by atoms with E-state index in [1.165, 1.54) is 12.0 Å². The number of furan rings is 1. The van der Waals surface area contributed by atoms with Crippen LogP contribution in [0.1, 0.15) is 60.6 Å². The molecule has 1 fully saturated rings. The molecule has 1 saturated carbocycles. The first-order chi connectivity index (χ1) is 16.0. The Hall–Kier alpha value is -3.28. The molecule has 0 bridgehead atoms. The first-order valence-electron chi connectivity index (χ1n) is 11.9. The molecule has 2 aromatic heterocycles. The summed E-state index contributed by atoms with van der Waals surface area (Å²) in [5, 5.41) is 3.28. The zero-order chi connectivity index (χ0) is 23.0. The van der Waals surface area contributed by atoms with Gasteiger partial charge in [-0.05, 0) is 56.5 Å². The van der Waals surface area contributed by atoms with Gasteiger partial charge in [-0.25, -0.2) is 0 Å². The fraction of sp³-hybridized carbons (Fsp3) is 0.407. The largest absolute Gasteiger partial charge is 0.463 e. The van der Waals surface area contributed by atoms with E-state index in [-0.39, 0.29) is 17.9 Å². The van der Waals surface area contributed by atoms with Crippen molar-refractivity contribution in [1.82, 2.24) is 14.8 Å². The lowest BCUT2D eigenvalue weighted by Crippen LogP contribution is -2.64. The lowest BCUT2D eigenvalue weighted by molar-refractivity contribution is -0.134. The van der Waals surface area contributed by atoms with Gasteiger partial charge in [-0.2, -0.15) is 0 Å². The number of rotatable bonds is 5. The Morgan fingerprint density at radius 3 is 2.48 bits per heavy atom. The second-order valence-electron chi connectivity index (χ2n) is 9.63. The Balaban J connectivity index is 1.52. The van der Waals surface area contributed by atoms with Gasteiger partial charge in [0.1, 0.15) is 17.0 Å². The standard InChI is InChI=1S/C27H31N3O3/c1-19-10-12-20(13-11-19)17-30-25(31)23-15-14-22(24-9-6-16-33-24)29(23)18-27(30,2)26(32)28-21-7-4-3-5-8-21/h6,9-16,21H,3-5,7-8,17-18H2,1-2H3,(H,28,32)/t27-/m1/s1. The summed E-state index contributed by atoms with van der Waals surface area (Å²) in [6.45, 7) is 4.70. The van der Waals surface area contributed by atoms with Gasteiger partial charge in [0.2, 0.25) is 5.91 Å². The summed E-state index contributed by atoms with van der Waals surface area (Å²) in [5.41, 5.74) is 2.55. The molecule has 1 N–H and O–H groups in total. The summed E-state index contributed by atoms with van der Waals surface area (Å²) in [7, 11) is 0. The van der Waals surface area contributed by atoms with Gasteiger partial charge in [0.15, 0.2) is 0 Å². The van der Waals surface area contributed by atoms with Gasteiger partial charge in [-0.3, -0.25) is 9.59 Å². The summed E-state index contributed by atoms with van der Waals surface area (Å²) < 4.78 is 7.55. The van der Waals surface area contributed by atoms with Crippen LogP contribution in [-0.4, -0.2) is 32.9 Å². The minimum Gasteiger partial charge on any atom is -0.463 e. The summed E-state index contributed by atoms with van der Waals surface area (Å²) in [5.74, 6) is 0.469. The molecule has 6 nitrogen and oxygen atoms in total. The van der Waals surface area contributed by atoms with Crippen molar-refractivity contribution in [3.63, 3.8) is 0 Å². The molecule has 0 saturated heterocycles. The molecule has 1 aliphatic carbocycles. The van der Waals surface area contributed by atoms with Crippen LogP contribution in [0.15, 0.2) is 59.2 Å². The van der Waals surface area contributed by atoms with Crippen LogP contribution in [0.5, 0.6) is 0 Å². The summed E-state index contributed by atoms with van der Waals surface area (Å²) >= 11 is 0. The molecule has 33 heavy (non-hydrogen) atoms. The van der Waals surface area contributed by atoms with E-state index in [4.69, 9.17) is 4.42 Å². The highest BCUT2D eigenvalue weighted by Crippen LogP contribution is 2.34. The number of aryl methyl sites for hydroxylation is 1. The summed E-state index contributed by atoms with van der Waals surface area (Å²) in [6, 6.07) is 15.8. The number of hydrogen-bond acceptors (Lipinski definition) is 3. The molecule has 3 aromatic rings. The average molecular weight is 446 g/mol. The Labute approximate surface area is 194 Å². The maximum atomic E-state index is 13.8. The number of fused-ring (bicyclic) bond motifs is 1. The normalized spacial score (nSPS) is 21.2. The minimum absolute atomic E-state index is 0.0837. The van der Waals surface area contributed by atoms with Crippen molar-refractivity contribution >= 4 is 11.8 Å². The molecule has 1 aliphatic heterocycles. The topological polar surface area (TPSA) is 67.5 Å². The van der Waals surface area contributed by atoms with Crippen molar-refractivity contribution in [2.75, 3.05) is 0 Å². The van der Waals surface area contributed by atoms with Crippen molar-refractivity contribution in [2.45, 2.75) is 70.6 Å². The van der Waals surface area contributed by atoms with Crippen molar-refractivity contribution in [3.05, 3.63) is 71.6 Å². The van der Waals surface area contributed by atoms with E-state index in [9.17, 15) is 9.59 Å². The number of carbonyl (C=O) groups excluding carboxylic acids is 2. The first-order valence-corrected chi connectivity index (χ1v) is 11.9. The summed E-state index contributed by atoms with van der Waals surface area (Å²) in [4.78, 5) is 29.3. The highest BCUT2D eigenvalue weighted by Gasteiger charge is 2.48. The molecule has 0 spiro atoms. The molecule has 0 radical (unpaired) electrons. The fourth-order valence-corrected chi connectivity index (χ4v) is 5.12. The number of nitrogens with zero attached hydrogens (tertiary/aromatic N) is 2. The van der Waals surface area contributed by atoms with Crippen LogP contribution in [-0.2, 0) is 17.9 Å². The number of benzene rings is 1. The molecule has 6 heteroatoms. The number of hydrogen-bond donors (Lipinski definition) is 1. The molecule has 172 valence electrons. The number of nitrogens with one attached hydrogen (secondary N) is 1. The lowest BCUT2D eigenvalue weighted by atomic mass is 9.91. The Morgan fingerprint density at radius 1 is 1.06 bits per heavy atom. The molecular weight excluding hydrogens is 414 g/mol. The minimum atomic E-state index is -1.02. The van der Waals surface area contributed by atoms with E-state index in [0.29, 0.717) is 24.5 Å².